The van der Waals surface area contributed by atoms with Crippen molar-refractivity contribution in [3.05, 3.63) is 59.7 Å². The summed E-state index contributed by atoms with van der Waals surface area (Å²) in [6, 6.07) is 14.5. The number of ether oxygens (including phenoxy) is 1. The van der Waals surface area contributed by atoms with Gasteiger partial charge in [-0.2, -0.15) is 11.8 Å². The third-order valence-corrected chi connectivity index (χ3v) is 7.26. The van der Waals surface area contributed by atoms with Crippen molar-refractivity contribution in [3.8, 4) is 11.1 Å². The number of benzene rings is 2. The average molecular weight is 483 g/mol. The number of aliphatic carboxylic acids is 1. The second-order valence-electron chi connectivity index (χ2n) is 8.69. The third kappa shape index (κ3) is 5.06. The van der Waals surface area contributed by atoms with Gasteiger partial charge in [0.1, 0.15) is 18.7 Å². The smallest absolute Gasteiger partial charge is 0.407 e. The first kappa shape index (κ1) is 24.1. The van der Waals surface area contributed by atoms with E-state index < -0.39 is 24.1 Å². The Morgan fingerprint density at radius 1 is 1.09 bits per heavy atom. The Morgan fingerprint density at radius 2 is 1.74 bits per heavy atom. The fourth-order valence-corrected chi connectivity index (χ4v) is 5.40. The van der Waals surface area contributed by atoms with Crippen LogP contribution in [0.3, 0.4) is 0 Å². The molecule has 2 amide bonds. The van der Waals surface area contributed by atoms with Gasteiger partial charge in [-0.05, 0) is 59.9 Å². The zero-order valence-corrected chi connectivity index (χ0v) is 20.1. The molecule has 0 spiro atoms. The van der Waals surface area contributed by atoms with Crippen molar-refractivity contribution in [2.75, 3.05) is 25.2 Å². The van der Waals surface area contributed by atoms with Crippen LogP contribution < -0.4 is 5.32 Å². The van der Waals surface area contributed by atoms with Crippen LogP contribution in [0.5, 0.6) is 0 Å². The number of hydrogen-bond donors (Lipinski definition) is 2. The summed E-state index contributed by atoms with van der Waals surface area (Å²) in [6.45, 7) is 0.544. The standard InChI is InChI=1S/C26H30N2O5S/c1-34-15-13-22(24(29)28-14-7-6-12-23(28)25(30)31)27-26(32)33-16-21-19-10-4-2-8-17(19)18-9-3-5-11-20(18)21/h2-5,8-11,21-23H,6-7,12-16H2,1H3,(H,27,32)(H,30,31)/t22-,23-/m0/s1. The van der Waals surface area contributed by atoms with Gasteiger partial charge in [0.2, 0.25) is 5.91 Å². The van der Waals surface area contributed by atoms with Crippen molar-refractivity contribution < 1.29 is 24.2 Å². The molecular weight excluding hydrogens is 452 g/mol. The molecule has 2 aromatic carbocycles. The summed E-state index contributed by atoms with van der Waals surface area (Å²) in [5.41, 5.74) is 4.52. The first-order valence-electron chi connectivity index (χ1n) is 11.6. The highest BCUT2D eigenvalue weighted by Gasteiger charge is 2.36. The van der Waals surface area contributed by atoms with Gasteiger partial charge in [-0.25, -0.2) is 9.59 Å². The van der Waals surface area contributed by atoms with Gasteiger partial charge in [0.05, 0.1) is 0 Å². The summed E-state index contributed by atoms with van der Waals surface area (Å²) in [5, 5.41) is 12.3. The summed E-state index contributed by atoms with van der Waals surface area (Å²) < 4.78 is 5.62. The number of hydrogen-bond acceptors (Lipinski definition) is 5. The first-order valence-corrected chi connectivity index (χ1v) is 13.0. The lowest BCUT2D eigenvalue weighted by Crippen LogP contribution is -2.55. The summed E-state index contributed by atoms with van der Waals surface area (Å²) in [4.78, 5) is 39.1. The van der Waals surface area contributed by atoms with Crippen molar-refractivity contribution >= 4 is 29.7 Å². The molecule has 0 radical (unpaired) electrons. The van der Waals surface area contributed by atoms with Crippen LogP contribution in [0.1, 0.15) is 42.7 Å². The predicted octanol–water partition coefficient (Wildman–Crippen LogP) is 4.11. The van der Waals surface area contributed by atoms with Gasteiger partial charge >= 0.3 is 12.1 Å². The maximum atomic E-state index is 13.2. The Labute approximate surface area is 203 Å². The molecule has 8 heteroatoms. The van der Waals surface area contributed by atoms with Crippen LogP contribution in [0.2, 0.25) is 0 Å². The average Bonchev–Trinajstić information content (AvgIpc) is 3.18. The van der Waals surface area contributed by atoms with Gasteiger partial charge in [0.15, 0.2) is 0 Å². The second-order valence-corrected chi connectivity index (χ2v) is 9.67. The first-order chi connectivity index (χ1) is 16.5. The molecule has 7 nitrogen and oxygen atoms in total. The lowest BCUT2D eigenvalue weighted by Gasteiger charge is -2.35. The van der Waals surface area contributed by atoms with E-state index in [-0.39, 0.29) is 18.4 Å². The van der Waals surface area contributed by atoms with Crippen LogP contribution in [0.4, 0.5) is 4.79 Å². The summed E-state index contributed by atoms with van der Waals surface area (Å²) >= 11 is 1.57. The van der Waals surface area contributed by atoms with Crippen LogP contribution in [0.25, 0.3) is 11.1 Å². The van der Waals surface area contributed by atoms with Crippen molar-refractivity contribution in [2.24, 2.45) is 0 Å². The van der Waals surface area contributed by atoms with E-state index in [4.69, 9.17) is 4.74 Å². The predicted molar refractivity (Wildman–Crippen MR) is 132 cm³/mol. The molecule has 180 valence electrons. The van der Waals surface area contributed by atoms with E-state index in [1.807, 2.05) is 30.5 Å². The number of alkyl carbamates (subject to hydrolysis) is 1. The molecule has 1 heterocycles. The van der Waals surface area contributed by atoms with E-state index in [0.717, 1.165) is 35.1 Å². The van der Waals surface area contributed by atoms with Gasteiger partial charge in [-0.15, -0.1) is 0 Å². The number of carboxylic acid groups (broad SMARTS) is 1. The molecule has 0 aromatic heterocycles. The Bertz CT molecular complexity index is 1010. The topological polar surface area (TPSA) is 95.9 Å². The van der Waals surface area contributed by atoms with E-state index in [2.05, 4.69) is 29.6 Å². The fraction of sp³-hybridized carbons (Fsp3) is 0.423. The monoisotopic (exact) mass is 482 g/mol. The molecule has 2 N–H and O–H groups in total. The van der Waals surface area contributed by atoms with E-state index in [1.54, 1.807) is 11.8 Å². The summed E-state index contributed by atoms with van der Waals surface area (Å²) in [6.07, 6.45) is 3.64. The number of amides is 2. The minimum absolute atomic E-state index is 0.0722. The highest BCUT2D eigenvalue weighted by Crippen LogP contribution is 2.44. The number of nitrogens with one attached hydrogen (secondary N) is 1. The van der Waals surface area contributed by atoms with Gasteiger partial charge in [0, 0.05) is 12.5 Å². The molecule has 2 aliphatic rings. The van der Waals surface area contributed by atoms with Crippen LogP contribution in [0.15, 0.2) is 48.5 Å². The molecule has 1 aliphatic carbocycles. The SMILES string of the molecule is CSCC[C@H](NC(=O)OCC1c2ccccc2-c2ccccc21)C(=O)N1CCCC[C@H]1C(=O)O. The molecule has 1 fully saturated rings. The number of carboxylic acids is 1. The number of piperidine rings is 1. The fourth-order valence-electron chi connectivity index (χ4n) is 4.93. The molecule has 0 unspecified atom stereocenters. The number of fused-ring (bicyclic) bond motifs is 3. The van der Waals surface area contributed by atoms with E-state index >= 15 is 0 Å². The number of nitrogens with zero attached hydrogens (tertiary/aromatic N) is 1. The minimum Gasteiger partial charge on any atom is -0.480 e. The van der Waals surface area contributed by atoms with Crippen LogP contribution in [0, 0.1) is 0 Å². The van der Waals surface area contributed by atoms with Gasteiger partial charge in [-0.3, -0.25) is 4.79 Å². The number of carbonyl (C=O) groups is 3. The molecule has 2 atom stereocenters. The van der Waals surface area contributed by atoms with Crippen molar-refractivity contribution in [3.63, 3.8) is 0 Å². The molecule has 1 aliphatic heterocycles. The Balaban J connectivity index is 1.44. The highest BCUT2D eigenvalue weighted by molar-refractivity contribution is 7.98. The Morgan fingerprint density at radius 3 is 2.35 bits per heavy atom. The Hall–Kier alpha value is -3.00. The zero-order chi connectivity index (χ0) is 24.1. The lowest BCUT2D eigenvalue weighted by molar-refractivity contribution is -0.152. The minimum atomic E-state index is -1.00. The normalized spacial score (nSPS) is 18.0. The van der Waals surface area contributed by atoms with Gasteiger partial charge in [-0.1, -0.05) is 48.5 Å². The van der Waals surface area contributed by atoms with Crippen LogP contribution in [-0.2, 0) is 14.3 Å². The largest absolute Gasteiger partial charge is 0.480 e. The van der Waals surface area contributed by atoms with Crippen LogP contribution in [-0.4, -0.2) is 65.2 Å². The summed E-state index contributed by atoms with van der Waals surface area (Å²) in [7, 11) is 0. The molecule has 0 saturated carbocycles. The lowest BCUT2D eigenvalue weighted by atomic mass is 9.98. The van der Waals surface area contributed by atoms with Gasteiger partial charge < -0.3 is 20.1 Å². The number of carbonyl (C=O) groups excluding carboxylic acids is 2. The van der Waals surface area contributed by atoms with E-state index in [1.165, 1.54) is 4.90 Å². The van der Waals surface area contributed by atoms with E-state index in [0.29, 0.717) is 25.1 Å². The van der Waals surface area contributed by atoms with E-state index in [9.17, 15) is 19.5 Å². The molecule has 1 saturated heterocycles. The van der Waals surface area contributed by atoms with Gasteiger partial charge in [0.25, 0.3) is 0 Å². The zero-order valence-electron chi connectivity index (χ0n) is 19.2. The molecule has 34 heavy (non-hydrogen) atoms. The van der Waals surface area contributed by atoms with Crippen molar-refractivity contribution in [1.82, 2.24) is 10.2 Å². The molecule has 4 rings (SSSR count). The van der Waals surface area contributed by atoms with Crippen molar-refractivity contribution in [1.29, 1.82) is 0 Å². The maximum Gasteiger partial charge on any atom is 0.407 e. The highest BCUT2D eigenvalue weighted by atomic mass is 32.2. The number of rotatable bonds is 8. The summed E-state index contributed by atoms with van der Waals surface area (Å²) in [5.74, 6) is -0.768. The van der Waals surface area contributed by atoms with Crippen molar-refractivity contribution in [2.45, 2.75) is 43.7 Å². The molecular formula is C26H30N2O5S. The number of thioether (sulfide) groups is 1. The second kappa shape index (κ2) is 11.0. The number of likely N-dealkylation sites (tertiary alicyclic amines) is 1. The molecule has 0 bridgehead atoms. The third-order valence-electron chi connectivity index (χ3n) is 6.62. The van der Waals surface area contributed by atoms with Crippen LogP contribution >= 0.6 is 11.8 Å². The quantitative estimate of drug-likeness (QED) is 0.588. The molecule has 2 aromatic rings. The Kier molecular flexibility index (Phi) is 7.77. The maximum absolute atomic E-state index is 13.2.